The number of imidazole rings is 2. The standard InChI is InChI=1S/C19H16N4/c1-2-19(16-13-23-10-6-4-8-18(23)21-16)11-14(19)15-12-22-9-5-3-7-17(22)20-15/h3-13H,2H2,1H3. The van der Waals surface area contributed by atoms with Crippen LogP contribution >= 0.6 is 0 Å². The van der Waals surface area contributed by atoms with E-state index in [2.05, 4.69) is 34.2 Å². The van der Waals surface area contributed by atoms with Gasteiger partial charge in [-0.2, -0.15) is 0 Å². The molecule has 0 aromatic carbocycles. The highest BCUT2D eigenvalue weighted by atomic mass is 15.0. The molecule has 0 amide bonds. The average Bonchev–Trinajstić information content (AvgIpc) is 2.97. The Balaban J connectivity index is 1.59. The van der Waals surface area contributed by atoms with E-state index in [0.717, 1.165) is 29.1 Å². The highest BCUT2D eigenvalue weighted by Gasteiger charge is 2.47. The van der Waals surface area contributed by atoms with Crippen molar-refractivity contribution in [1.29, 1.82) is 0 Å². The molecule has 4 nitrogen and oxygen atoms in total. The van der Waals surface area contributed by atoms with E-state index in [1.807, 2.05) is 48.8 Å². The summed E-state index contributed by atoms with van der Waals surface area (Å²) in [4.78, 5) is 9.58. The molecule has 4 heterocycles. The molecular weight excluding hydrogens is 284 g/mol. The number of pyridine rings is 2. The first-order valence-corrected chi connectivity index (χ1v) is 7.92. The van der Waals surface area contributed by atoms with Crippen LogP contribution in [0.1, 0.15) is 24.7 Å². The fourth-order valence-electron chi connectivity index (χ4n) is 3.41. The zero-order valence-corrected chi connectivity index (χ0v) is 12.8. The second-order valence-corrected chi connectivity index (χ2v) is 6.07. The summed E-state index contributed by atoms with van der Waals surface area (Å²) in [5.41, 5.74) is 5.35. The van der Waals surface area contributed by atoms with Gasteiger partial charge in [-0.1, -0.05) is 25.1 Å². The van der Waals surface area contributed by atoms with Crippen LogP contribution in [0, 0.1) is 0 Å². The summed E-state index contributed by atoms with van der Waals surface area (Å²) in [6, 6.07) is 12.2. The predicted octanol–water partition coefficient (Wildman–Crippen LogP) is 3.73. The summed E-state index contributed by atoms with van der Waals surface area (Å²) in [6.07, 6.45) is 11.6. The van der Waals surface area contributed by atoms with Gasteiger partial charge in [0.2, 0.25) is 0 Å². The fourth-order valence-corrected chi connectivity index (χ4v) is 3.41. The molecule has 0 N–H and O–H groups in total. The number of rotatable bonds is 3. The lowest BCUT2D eigenvalue weighted by atomic mass is 9.92. The van der Waals surface area contributed by atoms with Gasteiger partial charge in [-0.25, -0.2) is 9.97 Å². The van der Waals surface area contributed by atoms with E-state index >= 15 is 0 Å². The molecule has 4 aromatic rings. The molecule has 0 bridgehead atoms. The minimum Gasteiger partial charge on any atom is -0.307 e. The Bertz CT molecular complexity index is 1000. The van der Waals surface area contributed by atoms with E-state index in [4.69, 9.17) is 9.97 Å². The van der Waals surface area contributed by atoms with Gasteiger partial charge in [0.15, 0.2) is 0 Å². The molecule has 0 radical (unpaired) electrons. The van der Waals surface area contributed by atoms with E-state index in [1.165, 1.54) is 5.57 Å². The van der Waals surface area contributed by atoms with Crippen molar-refractivity contribution < 1.29 is 0 Å². The Labute approximate surface area is 133 Å². The molecule has 0 fully saturated rings. The highest BCUT2D eigenvalue weighted by molar-refractivity contribution is 5.90. The molecule has 4 heteroatoms. The van der Waals surface area contributed by atoms with Crippen LogP contribution in [0.15, 0.2) is 67.3 Å². The Hall–Kier alpha value is -2.88. The van der Waals surface area contributed by atoms with Gasteiger partial charge in [-0.05, 0) is 36.3 Å². The van der Waals surface area contributed by atoms with Crippen molar-refractivity contribution in [3.05, 3.63) is 78.6 Å². The number of hydrogen-bond acceptors (Lipinski definition) is 2. The summed E-state index contributed by atoms with van der Waals surface area (Å²) in [5, 5.41) is 0. The van der Waals surface area contributed by atoms with Crippen LogP contribution in [0.25, 0.3) is 16.9 Å². The molecule has 0 aliphatic heterocycles. The van der Waals surface area contributed by atoms with Crippen LogP contribution in [-0.2, 0) is 5.41 Å². The van der Waals surface area contributed by atoms with E-state index in [9.17, 15) is 0 Å². The summed E-state index contributed by atoms with van der Waals surface area (Å²) < 4.78 is 4.15. The van der Waals surface area contributed by atoms with Gasteiger partial charge < -0.3 is 8.80 Å². The first-order valence-electron chi connectivity index (χ1n) is 7.92. The molecule has 4 aromatic heterocycles. The van der Waals surface area contributed by atoms with E-state index in [-0.39, 0.29) is 5.41 Å². The van der Waals surface area contributed by atoms with Gasteiger partial charge in [0.25, 0.3) is 0 Å². The Kier molecular flexibility index (Phi) is 2.37. The van der Waals surface area contributed by atoms with Crippen molar-refractivity contribution in [3.63, 3.8) is 0 Å². The average molecular weight is 300 g/mol. The molecular formula is C19H16N4. The first-order chi connectivity index (χ1) is 11.3. The minimum absolute atomic E-state index is 0.0655. The molecule has 1 atom stereocenters. The monoisotopic (exact) mass is 300 g/mol. The number of aromatic nitrogens is 4. The number of fused-ring (bicyclic) bond motifs is 2. The van der Waals surface area contributed by atoms with Crippen molar-refractivity contribution >= 4 is 16.9 Å². The lowest BCUT2D eigenvalue weighted by Crippen LogP contribution is -2.10. The minimum atomic E-state index is -0.0655. The van der Waals surface area contributed by atoms with Crippen LogP contribution in [0.3, 0.4) is 0 Å². The van der Waals surface area contributed by atoms with Crippen LogP contribution in [0.2, 0.25) is 0 Å². The maximum atomic E-state index is 4.82. The summed E-state index contributed by atoms with van der Waals surface area (Å²) >= 11 is 0. The van der Waals surface area contributed by atoms with E-state index < -0.39 is 0 Å². The van der Waals surface area contributed by atoms with Crippen LogP contribution in [0.4, 0.5) is 0 Å². The number of hydrogen-bond donors (Lipinski definition) is 0. The second-order valence-electron chi connectivity index (χ2n) is 6.07. The summed E-state index contributed by atoms with van der Waals surface area (Å²) in [6.45, 7) is 2.21. The fraction of sp³-hybridized carbons (Fsp3) is 0.158. The van der Waals surface area contributed by atoms with Crippen LogP contribution < -0.4 is 0 Å². The number of nitrogens with zero attached hydrogens (tertiary/aromatic N) is 4. The molecule has 23 heavy (non-hydrogen) atoms. The van der Waals surface area contributed by atoms with Crippen molar-refractivity contribution in [2.75, 3.05) is 0 Å². The molecule has 0 saturated carbocycles. The topological polar surface area (TPSA) is 34.6 Å². The third-order valence-corrected chi connectivity index (χ3v) is 4.81. The van der Waals surface area contributed by atoms with Gasteiger partial charge in [-0.15, -0.1) is 0 Å². The Morgan fingerprint density at radius 2 is 1.61 bits per heavy atom. The molecule has 0 spiro atoms. The van der Waals surface area contributed by atoms with Gasteiger partial charge in [0.1, 0.15) is 11.3 Å². The lowest BCUT2D eigenvalue weighted by Gasteiger charge is -2.12. The summed E-state index contributed by atoms with van der Waals surface area (Å²) in [7, 11) is 0. The largest absolute Gasteiger partial charge is 0.307 e. The van der Waals surface area contributed by atoms with Crippen molar-refractivity contribution in [2.24, 2.45) is 0 Å². The first kappa shape index (κ1) is 12.6. The third kappa shape index (κ3) is 1.72. The van der Waals surface area contributed by atoms with Crippen LogP contribution in [0.5, 0.6) is 0 Å². The summed E-state index contributed by atoms with van der Waals surface area (Å²) in [5.74, 6) is 0. The van der Waals surface area contributed by atoms with Crippen LogP contribution in [-0.4, -0.2) is 18.8 Å². The molecule has 1 aliphatic carbocycles. The molecule has 112 valence electrons. The predicted molar refractivity (Wildman–Crippen MR) is 90.3 cm³/mol. The highest BCUT2D eigenvalue weighted by Crippen LogP contribution is 2.54. The molecule has 1 aliphatic rings. The van der Waals surface area contributed by atoms with Gasteiger partial charge in [0, 0.05) is 24.8 Å². The number of allylic oxidation sites excluding steroid dienone is 2. The smallest absolute Gasteiger partial charge is 0.137 e. The Morgan fingerprint density at radius 1 is 0.913 bits per heavy atom. The van der Waals surface area contributed by atoms with Crippen molar-refractivity contribution in [2.45, 2.75) is 18.8 Å². The molecule has 5 rings (SSSR count). The quantitative estimate of drug-likeness (QED) is 0.578. The Morgan fingerprint density at radius 3 is 2.26 bits per heavy atom. The molecule has 0 saturated heterocycles. The zero-order valence-electron chi connectivity index (χ0n) is 12.8. The second kappa shape index (κ2) is 4.32. The third-order valence-electron chi connectivity index (χ3n) is 4.81. The lowest BCUT2D eigenvalue weighted by molar-refractivity contribution is 0.715. The SMILES string of the molecule is CCC1(c2cn3ccccc3n2)C=C1c1cn2ccccc2n1. The van der Waals surface area contributed by atoms with Crippen molar-refractivity contribution in [3.8, 4) is 0 Å². The van der Waals surface area contributed by atoms with E-state index in [1.54, 1.807) is 0 Å². The normalized spacial score (nSPS) is 20.1. The maximum Gasteiger partial charge on any atom is 0.137 e. The zero-order chi connectivity index (χ0) is 15.4. The maximum absolute atomic E-state index is 4.82. The molecule has 1 unspecified atom stereocenters. The van der Waals surface area contributed by atoms with Gasteiger partial charge in [0.05, 0.1) is 16.8 Å². The van der Waals surface area contributed by atoms with Gasteiger partial charge >= 0.3 is 0 Å². The van der Waals surface area contributed by atoms with E-state index in [0.29, 0.717) is 0 Å². The van der Waals surface area contributed by atoms with Crippen molar-refractivity contribution in [1.82, 2.24) is 18.8 Å². The van der Waals surface area contributed by atoms with Gasteiger partial charge in [-0.3, -0.25) is 0 Å².